The zero-order chi connectivity index (χ0) is 13.3. The van der Waals surface area contributed by atoms with E-state index in [2.05, 4.69) is 0 Å². The topological polar surface area (TPSA) is 66.8 Å². The van der Waals surface area contributed by atoms with E-state index in [0.717, 1.165) is 17.6 Å². The van der Waals surface area contributed by atoms with E-state index < -0.39 is 0 Å². The number of carbonyl (C=O) groups excluding carboxylic acids is 1. The Balaban J connectivity index is 2.41. The second kappa shape index (κ2) is 4.80. The molecule has 1 aromatic carbocycles. The number of fused-ring (bicyclic) bond motifs is 1. The van der Waals surface area contributed by atoms with Crippen molar-refractivity contribution < 1.29 is 10.0 Å². The molecular formula is C13H15N2O3-. The van der Waals surface area contributed by atoms with Gasteiger partial charge in [0.2, 0.25) is 0 Å². The van der Waals surface area contributed by atoms with Crippen LogP contribution in [0.5, 0.6) is 0 Å². The van der Waals surface area contributed by atoms with Crippen LogP contribution in [0.25, 0.3) is 0 Å². The molecule has 1 N–H and O–H groups in total. The minimum atomic E-state index is -0.225. The van der Waals surface area contributed by atoms with Gasteiger partial charge in [0, 0.05) is 31.4 Å². The number of benzene rings is 1. The van der Waals surface area contributed by atoms with Crippen LogP contribution in [0.1, 0.15) is 22.3 Å². The molecule has 1 aromatic rings. The van der Waals surface area contributed by atoms with Crippen LogP contribution in [-0.4, -0.2) is 30.0 Å². The maximum atomic E-state index is 12.2. The molecule has 0 saturated heterocycles. The fourth-order valence-corrected chi connectivity index (χ4v) is 2.10. The van der Waals surface area contributed by atoms with E-state index >= 15 is 0 Å². The van der Waals surface area contributed by atoms with Crippen LogP contribution in [0, 0.1) is 5.21 Å². The molecule has 2 rings (SSSR count). The van der Waals surface area contributed by atoms with E-state index in [1.165, 1.54) is 12.1 Å². The van der Waals surface area contributed by atoms with Crippen molar-refractivity contribution in [1.29, 1.82) is 0 Å². The Bertz CT molecular complexity index is 507. The molecule has 18 heavy (non-hydrogen) atoms. The highest BCUT2D eigenvalue weighted by Gasteiger charge is 2.22. The van der Waals surface area contributed by atoms with E-state index in [1.54, 1.807) is 12.3 Å². The lowest BCUT2D eigenvalue weighted by Gasteiger charge is -2.25. The molecule has 0 saturated carbocycles. The van der Waals surface area contributed by atoms with Crippen molar-refractivity contribution in [3.8, 4) is 0 Å². The van der Waals surface area contributed by atoms with Crippen molar-refractivity contribution >= 4 is 11.5 Å². The van der Waals surface area contributed by atoms with Crippen molar-refractivity contribution in [2.45, 2.75) is 12.8 Å². The average Bonchev–Trinajstić information content (AvgIpc) is 2.32. The summed E-state index contributed by atoms with van der Waals surface area (Å²) in [4.78, 5) is 14.1. The number of carbonyl (C=O) groups is 1. The molecule has 0 heterocycles. The zero-order valence-corrected chi connectivity index (χ0v) is 10.4. The van der Waals surface area contributed by atoms with Gasteiger partial charge in [-0.3, -0.25) is 10.0 Å². The Morgan fingerprint density at radius 3 is 2.67 bits per heavy atom. The molecule has 1 aliphatic carbocycles. The lowest BCUT2D eigenvalue weighted by molar-refractivity contribution is 0.102. The Labute approximate surface area is 105 Å². The predicted octanol–water partition coefficient (Wildman–Crippen LogP) is 1.95. The first-order valence-corrected chi connectivity index (χ1v) is 5.70. The maximum Gasteiger partial charge on any atom is 0.190 e. The summed E-state index contributed by atoms with van der Waals surface area (Å²) < 4.78 is 0. The Morgan fingerprint density at radius 2 is 2.06 bits per heavy atom. The summed E-state index contributed by atoms with van der Waals surface area (Å²) in [5.41, 5.74) is 2.22. The summed E-state index contributed by atoms with van der Waals surface area (Å²) in [5, 5.41) is 19.5. The van der Waals surface area contributed by atoms with E-state index in [1.807, 2.05) is 19.0 Å². The van der Waals surface area contributed by atoms with Crippen LogP contribution in [0.3, 0.4) is 0 Å². The molecule has 0 spiro atoms. The Kier molecular flexibility index (Phi) is 3.36. The monoisotopic (exact) mass is 247 g/mol. The van der Waals surface area contributed by atoms with Crippen LogP contribution in [-0.2, 0) is 6.42 Å². The van der Waals surface area contributed by atoms with Gasteiger partial charge < -0.3 is 15.3 Å². The molecule has 0 radical (unpaired) electrons. The lowest BCUT2D eigenvalue weighted by atomic mass is 9.87. The van der Waals surface area contributed by atoms with E-state index in [-0.39, 0.29) is 16.7 Å². The third kappa shape index (κ3) is 2.37. The number of rotatable bonds is 2. The van der Waals surface area contributed by atoms with Crippen LogP contribution < -0.4 is 5.23 Å². The minimum absolute atomic E-state index is 0.0753. The maximum absolute atomic E-state index is 12.2. The molecule has 96 valence electrons. The number of anilines is 1. The van der Waals surface area contributed by atoms with Gasteiger partial charge >= 0.3 is 0 Å². The van der Waals surface area contributed by atoms with Gasteiger partial charge in [0.15, 0.2) is 5.78 Å². The van der Waals surface area contributed by atoms with E-state index in [9.17, 15) is 10.0 Å². The second-order valence-corrected chi connectivity index (χ2v) is 4.56. The molecule has 5 heteroatoms. The van der Waals surface area contributed by atoms with Gasteiger partial charge in [-0.25, -0.2) is 0 Å². The first kappa shape index (κ1) is 12.6. The lowest BCUT2D eigenvalue weighted by Crippen LogP contribution is -2.18. The smallest absolute Gasteiger partial charge is 0.190 e. The minimum Gasteiger partial charge on any atom is -0.733 e. The summed E-state index contributed by atoms with van der Waals surface area (Å²) in [7, 11) is 3.72. The van der Waals surface area contributed by atoms with Crippen LogP contribution in [0.2, 0.25) is 0 Å². The van der Waals surface area contributed by atoms with E-state index in [4.69, 9.17) is 5.21 Å². The van der Waals surface area contributed by atoms with Crippen molar-refractivity contribution in [3.05, 3.63) is 46.3 Å². The molecular weight excluding hydrogens is 232 g/mol. The first-order chi connectivity index (χ1) is 8.49. The fourth-order valence-electron chi connectivity index (χ4n) is 2.10. The SMILES string of the molecule is CN(C)/C=C1/CCc2ccc(N([O-])O)cc2C1=O. The van der Waals surface area contributed by atoms with Crippen LogP contribution in [0.4, 0.5) is 5.69 Å². The highest BCUT2D eigenvalue weighted by Crippen LogP contribution is 2.28. The highest BCUT2D eigenvalue weighted by atomic mass is 16.8. The number of allylic oxidation sites excluding steroid dienone is 1. The number of ketones is 1. The highest BCUT2D eigenvalue weighted by molar-refractivity contribution is 6.11. The van der Waals surface area contributed by atoms with Gasteiger partial charge in [0.05, 0.1) is 5.69 Å². The van der Waals surface area contributed by atoms with Gasteiger partial charge in [0.25, 0.3) is 0 Å². The summed E-state index contributed by atoms with van der Waals surface area (Å²) in [6.07, 6.45) is 3.26. The number of nitrogens with zero attached hydrogens (tertiary/aromatic N) is 2. The molecule has 5 nitrogen and oxygen atoms in total. The largest absolute Gasteiger partial charge is 0.733 e. The van der Waals surface area contributed by atoms with Crippen molar-refractivity contribution in [2.24, 2.45) is 0 Å². The number of Topliss-reactive ketones (excluding diaryl/α,β-unsaturated/α-hetero) is 1. The molecule has 0 amide bonds. The van der Waals surface area contributed by atoms with Gasteiger partial charge in [0.1, 0.15) is 0 Å². The standard InChI is InChI=1S/C13H15N2O3/c1-14(2)8-10-4-3-9-5-6-11(15(17)18)7-12(9)13(10)16/h5-8,17H,3-4H2,1-2H3/q-1/b10-8-. The van der Waals surface area contributed by atoms with Crippen LogP contribution in [0.15, 0.2) is 30.0 Å². The second-order valence-electron chi connectivity index (χ2n) is 4.56. The molecule has 0 aromatic heterocycles. The molecule has 0 fully saturated rings. The van der Waals surface area contributed by atoms with Gasteiger partial charge in [-0.15, -0.1) is 0 Å². The van der Waals surface area contributed by atoms with Crippen molar-refractivity contribution in [2.75, 3.05) is 19.3 Å². The summed E-state index contributed by atoms with van der Waals surface area (Å²) >= 11 is 0. The molecule has 0 atom stereocenters. The zero-order valence-electron chi connectivity index (χ0n) is 10.4. The quantitative estimate of drug-likeness (QED) is 0.639. The van der Waals surface area contributed by atoms with Crippen molar-refractivity contribution in [3.63, 3.8) is 0 Å². The number of aryl methyl sites for hydroxylation is 1. The van der Waals surface area contributed by atoms with Gasteiger partial charge in [-0.2, -0.15) is 0 Å². The Morgan fingerprint density at radius 1 is 1.33 bits per heavy atom. The van der Waals surface area contributed by atoms with Crippen LogP contribution >= 0.6 is 0 Å². The van der Waals surface area contributed by atoms with Gasteiger partial charge in [-0.05, 0) is 30.5 Å². The summed E-state index contributed by atoms with van der Waals surface area (Å²) in [6, 6.07) is 4.67. The molecule has 0 aliphatic heterocycles. The average molecular weight is 247 g/mol. The first-order valence-electron chi connectivity index (χ1n) is 5.70. The third-order valence-corrected chi connectivity index (χ3v) is 2.93. The summed E-state index contributed by atoms with van der Waals surface area (Å²) in [6.45, 7) is 0. The molecule has 1 aliphatic rings. The molecule has 0 bridgehead atoms. The summed E-state index contributed by atoms with van der Waals surface area (Å²) in [5.74, 6) is -0.0753. The Hall–Kier alpha value is -1.85. The normalized spacial score (nSPS) is 16.7. The fraction of sp³-hybridized carbons (Fsp3) is 0.308. The molecule has 0 unspecified atom stereocenters. The predicted molar refractivity (Wildman–Crippen MR) is 68.5 cm³/mol. The number of hydrogen-bond donors (Lipinski definition) is 1. The van der Waals surface area contributed by atoms with E-state index in [0.29, 0.717) is 12.0 Å². The number of hydrogen-bond acceptors (Lipinski definition) is 5. The third-order valence-electron chi connectivity index (χ3n) is 2.93. The van der Waals surface area contributed by atoms with Crippen molar-refractivity contribution in [1.82, 2.24) is 4.90 Å². The van der Waals surface area contributed by atoms with Gasteiger partial charge in [-0.1, -0.05) is 6.07 Å².